The van der Waals surface area contributed by atoms with Gasteiger partial charge in [-0.25, -0.2) is 8.42 Å². The number of fused-ring (bicyclic) bond motifs is 1. The molecule has 0 spiro atoms. The standard InChI is InChI=1S/C16H16BrNO4S/c1-21-14-9-11-7-8-18(13-5-3-12(17)4-6-13)23(19,20)16(11)10-15(14)22-2/h3-6,9-10H,7-8H2,1-2H3. The maximum atomic E-state index is 13.0. The van der Waals surface area contributed by atoms with E-state index in [4.69, 9.17) is 9.47 Å². The van der Waals surface area contributed by atoms with Gasteiger partial charge in [-0.2, -0.15) is 0 Å². The van der Waals surface area contributed by atoms with Crippen LogP contribution < -0.4 is 13.8 Å². The van der Waals surface area contributed by atoms with Crippen LogP contribution in [0, 0.1) is 0 Å². The van der Waals surface area contributed by atoms with Crippen molar-refractivity contribution in [3.63, 3.8) is 0 Å². The second-order valence-electron chi connectivity index (χ2n) is 5.12. The summed E-state index contributed by atoms with van der Waals surface area (Å²) in [7, 11) is -0.594. The molecule has 1 aliphatic rings. The van der Waals surface area contributed by atoms with E-state index < -0.39 is 10.0 Å². The number of halogens is 1. The molecule has 0 radical (unpaired) electrons. The van der Waals surface area contributed by atoms with Gasteiger partial charge in [0.2, 0.25) is 0 Å². The highest BCUT2D eigenvalue weighted by Crippen LogP contribution is 2.38. The summed E-state index contributed by atoms with van der Waals surface area (Å²) >= 11 is 3.36. The van der Waals surface area contributed by atoms with Gasteiger partial charge >= 0.3 is 0 Å². The van der Waals surface area contributed by atoms with Gasteiger partial charge in [-0.1, -0.05) is 15.9 Å². The van der Waals surface area contributed by atoms with Gasteiger partial charge in [0.05, 0.1) is 24.8 Å². The highest BCUT2D eigenvalue weighted by atomic mass is 79.9. The number of nitrogens with zero attached hydrogens (tertiary/aromatic N) is 1. The molecule has 0 aliphatic carbocycles. The molecule has 23 heavy (non-hydrogen) atoms. The van der Waals surface area contributed by atoms with Crippen molar-refractivity contribution in [2.24, 2.45) is 0 Å². The van der Waals surface area contributed by atoms with E-state index in [2.05, 4.69) is 15.9 Å². The predicted molar refractivity (Wildman–Crippen MR) is 91.9 cm³/mol. The lowest BCUT2D eigenvalue weighted by atomic mass is 10.1. The molecule has 0 fully saturated rings. The zero-order chi connectivity index (χ0) is 16.6. The zero-order valence-corrected chi connectivity index (χ0v) is 15.1. The first-order valence-electron chi connectivity index (χ1n) is 7.00. The van der Waals surface area contributed by atoms with Crippen LogP contribution in [0.15, 0.2) is 45.8 Å². The molecule has 3 rings (SSSR count). The second-order valence-corrected chi connectivity index (χ2v) is 7.86. The third kappa shape index (κ3) is 2.79. The number of anilines is 1. The molecular weight excluding hydrogens is 382 g/mol. The van der Waals surface area contributed by atoms with E-state index in [1.807, 2.05) is 12.1 Å². The molecule has 0 unspecified atom stereocenters. The van der Waals surface area contributed by atoms with Gasteiger partial charge in [-0.15, -0.1) is 0 Å². The summed E-state index contributed by atoms with van der Waals surface area (Å²) in [5.74, 6) is 0.950. The lowest BCUT2D eigenvalue weighted by molar-refractivity contribution is 0.353. The van der Waals surface area contributed by atoms with E-state index in [1.165, 1.54) is 24.6 Å². The van der Waals surface area contributed by atoms with E-state index in [9.17, 15) is 8.42 Å². The maximum absolute atomic E-state index is 13.0. The number of sulfonamides is 1. The van der Waals surface area contributed by atoms with Gasteiger partial charge in [-0.3, -0.25) is 4.31 Å². The lowest BCUT2D eigenvalue weighted by Crippen LogP contribution is -2.37. The Labute approximate surface area is 144 Å². The van der Waals surface area contributed by atoms with Crippen molar-refractivity contribution < 1.29 is 17.9 Å². The van der Waals surface area contributed by atoms with Crippen molar-refractivity contribution in [2.45, 2.75) is 11.3 Å². The first-order valence-corrected chi connectivity index (χ1v) is 9.24. The molecule has 1 heterocycles. The molecule has 0 atom stereocenters. The summed E-state index contributed by atoms with van der Waals surface area (Å²) in [6.07, 6.45) is 0.616. The molecule has 5 nitrogen and oxygen atoms in total. The summed E-state index contributed by atoms with van der Waals surface area (Å²) in [4.78, 5) is 0.268. The fourth-order valence-electron chi connectivity index (χ4n) is 2.67. The van der Waals surface area contributed by atoms with Gasteiger partial charge in [0.1, 0.15) is 0 Å². The number of methoxy groups -OCH3 is 2. The predicted octanol–water partition coefficient (Wildman–Crippen LogP) is 3.22. The Balaban J connectivity index is 2.10. The number of hydrogen-bond donors (Lipinski definition) is 0. The summed E-state index contributed by atoms with van der Waals surface area (Å²) in [5, 5.41) is 0. The summed E-state index contributed by atoms with van der Waals surface area (Å²) in [5.41, 5.74) is 1.39. The zero-order valence-electron chi connectivity index (χ0n) is 12.7. The summed E-state index contributed by atoms with van der Waals surface area (Å²) in [6.45, 7) is 0.395. The van der Waals surface area contributed by atoms with E-state index in [0.29, 0.717) is 30.2 Å². The summed E-state index contributed by atoms with van der Waals surface area (Å²) in [6, 6.07) is 10.5. The second kappa shape index (κ2) is 6.05. The van der Waals surface area contributed by atoms with Crippen molar-refractivity contribution in [1.82, 2.24) is 0 Å². The van der Waals surface area contributed by atoms with Crippen LogP contribution in [0.4, 0.5) is 5.69 Å². The Morgan fingerprint density at radius 2 is 1.65 bits per heavy atom. The van der Waals surface area contributed by atoms with Gasteiger partial charge in [0.25, 0.3) is 10.0 Å². The van der Waals surface area contributed by atoms with Gasteiger partial charge in [0.15, 0.2) is 11.5 Å². The van der Waals surface area contributed by atoms with E-state index >= 15 is 0 Å². The molecule has 0 saturated heterocycles. The average molecular weight is 398 g/mol. The van der Waals surface area contributed by atoms with Gasteiger partial charge in [-0.05, 0) is 42.3 Å². The largest absolute Gasteiger partial charge is 0.493 e. The maximum Gasteiger partial charge on any atom is 0.264 e. The number of ether oxygens (including phenoxy) is 2. The molecule has 0 N–H and O–H groups in total. The van der Waals surface area contributed by atoms with Crippen LogP contribution in [0.1, 0.15) is 5.56 Å². The molecule has 0 amide bonds. The Morgan fingerprint density at radius 1 is 1.04 bits per heavy atom. The van der Waals surface area contributed by atoms with Crippen LogP contribution in [0.25, 0.3) is 0 Å². The minimum atomic E-state index is -3.62. The normalized spacial score (nSPS) is 15.9. The molecule has 0 bridgehead atoms. The monoisotopic (exact) mass is 397 g/mol. The molecule has 0 aromatic heterocycles. The van der Waals surface area contributed by atoms with Crippen LogP contribution in [0.2, 0.25) is 0 Å². The Bertz CT molecular complexity index is 834. The molecule has 122 valence electrons. The van der Waals surface area contributed by atoms with Crippen molar-refractivity contribution in [2.75, 3.05) is 25.1 Å². The highest BCUT2D eigenvalue weighted by Gasteiger charge is 2.33. The lowest BCUT2D eigenvalue weighted by Gasteiger charge is -2.30. The number of benzene rings is 2. The Hall–Kier alpha value is -1.73. The topological polar surface area (TPSA) is 55.8 Å². The van der Waals surface area contributed by atoms with Crippen molar-refractivity contribution >= 4 is 31.6 Å². The SMILES string of the molecule is COc1cc2c(cc1OC)S(=O)(=O)N(c1ccc(Br)cc1)CC2. The fourth-order valence-corrected chi connectivity index (χ4v) is 4.66. The minimum Gasteiger partial charge on any atom is -0.493 e. The third-order valence-electron chi connectivity index (χ3n) is 3.83. The first kappa shape index (κ1) is 16.1. The Kier molecular flexibility index (Phi) is 4.25. The average Bonchev–Trinajstić information content (AvgIpc) is 2.55. The molecule has 1 aliphatic heterocycles. The number of hydrogen-bond acceptors (Lipinski definition) is 4. The van der Waals surface area contributed by atoms with Crippen molar-refractivity contribution in [3.8, 4) is 11.5 Å². The van der Waals surface area contributed by atoms with Crippen LogP contribution >= 0.6 is 15.9 Å². The smallest absolute Gasteiger partial charge is 0.264 e. The highest BCUT2D eigenvalue weighted by molar-refractivity contribution is 9.10. The van der Waals surface area contributed by atoms with E-state index in [0.717, 1.165) is 10.0 Å². The van der Waals surface area contributed by atoms with Crippen LogP contribution in [0.5, 0.6) is 11.5 Å². The number of rotatable bonds is 3. The molecular formula is C16H16BrNO4S. The van der Waals surface area contributed by atoms with Crippen LogP contribution in [-0.2, 0) is 16.4 Å². The quantitative estimate of drug-likeness (QED) is 0.797. The summed E-state index contributed by atoms with van der Waals surface area (Å²) < 4.78 is 38.8. The van der Waals surface area contributed by atoms with Crippen molar-refractivity contribution in [1.29, 1.82) is 0 Å². The first-order chi connectivity index (χ1) is 11.0. The van der Waals surface area contributed by atoms with Crippen molar-refractivity contribution in [3.05, 3.63) is 46.4 Å². The van der Waals surface area contributed by atoms with Crippen LogP contribution in [0.3, 0.4) is 0 Å². The minimum absolute atomic E-state index is 0.268. The van der Waals surface area contributed by atoms with Crippen LogP contribution in [-0.4, -0.2) is 29.2 Å². The Morgan fingerprint density at radius 3 is 2.26 bits per heavy atom. The molecule has 2 aromatic rings. The van der Waals surface area contributed by atoms with E-state index in [1.54, 1.807) is 18.2 Å². The third-order valence-corrected chi connectivity index (χ3v) is 6.27. The molecule has 7 heteroatoms. The van der Waals surface area contributed by atoms with E-state index in [-0.39, 0.29) is 4.90 Å². The van der Waals surface area contributed by atoms with Gasteiger partial charge < -0.3 is 9.47 Å². The van der Waals surface area contributed by atoms with Gasteiger partial charge in [0, 0.05) is 17.1 Å². The molecule has 2 aromatic carbocycles. The fraction of sp³-hybridized carbons (Fsp3) is 0.250. The molecule has 0 saturated carbocycles.